The molecule has 2 aromatic carbocycles. The molecule has 0 spiro atoms. The van der Waals surface area contributed by atoms with E-state index in [1.165, 1.54) is 11.1 Å². The van der Waals surface area contributed by atoms with Gasteiger partial charge in [-0.15, -0.1) is 0 Å². The Hall–Kier alpha value is -2.22. The standard InChI is InChI=1S/C19H20O2/c1-13(2)10-16-17-12-15(20)8-9-18(17)21-19(16)11-14-6-4-3-5-7-14/h3-9,12-13,20H,10-11H2,1-2H3. The molecule has 0 saturated heterocycles. The summed E-state index contributed by atoms with van der Waals surface area (Å²) in [5, 5.41) is 10.8. The molecule has 3 aromatic rings. The first-order valence-electron chi connectivity index (χ1n) is 7.40. The van der Waals surface area contributed by atoms with Gasteiger partial charge >= 0.3 is 0 Å². The summed E-state index contributed by atoms with van der Waals surface area (Å²) in [4.78, 5) is 0. The Bertz CT molecular complexity index is 739. The number of fused-ring (bicyclic) bond motifs is 1. The molecule has 0 aliphatic rings. The van der Waals surface area contributed by atoms with Gasteiger partial charge in [-0.3, -0.25) is 0 Å². The maximum Gasteiger partial charge on any atom is 0.134 e. The van der Waals surface area contributed by atoms with Gasteiger partial charge in [-0.1, -0.05) is 44.2 Å². The minimum atomic E-state index is 0.291. The number of hydrogen-bond acceptors (Lipinski definition) is 2. The molecule has 1 heterocycles. The van der Waals surface area contributed by atoms with Crippen LogP contribution in [0.15, 0.2) is 52.9 Å². The van der Waals surface area contributed by atoms with Crippen LogP contribution < -0.4 is 0 Å². The molecule has 3 rings (SSSR count). The lowest BCUT2D eigenvalue weighted by atomic mass is 9.97. The Balaban J connectivity index is 2.08. The molecule has 1 aromatic heterocycles. The second kappa shape index (κ2) is 5.65. The summed E-state index contributed by atoms with van der Waals surface area (Å²) >= 11 is 0. The first-order valence-corrected chi connectivity index (χ1v) is 7.40. The van der Waals surface area contributed by atoms with Crippen LogP contribution >= 0.6 is 0 Å². The molecule has 0 radical (unpaired) electrons. The topological polar surface area (TPSA) is 33.4 Å². The Labute approximate surface area is 125 Å². The maximum absolute atomic E-state index is 9.75. The summed E-state index contributed by atoms with van der Waals surface area (Å²) in [5.41, 5.74) is 3.32. The van der Waals surface area contributed by atoms with Crippen molar-refractivity contribution >= 4 is 11.0 Å². The Morgan fingerprint density at radius 1 is 1.05 bits per heavy atom. The zero-order valence-electron chi connectivity index (χ0n) is 12.5. The second-order valence-electron chi connectivity index (χ2n) is 5.94. The Morgan fingerprint density at radius 2 is 1.81 bits per heavy atom. The largest absolute Gasteiger partial charge is 0.508 e. The number of phenols is 1. The van der Waals surface area contributed by atoms with Gasteiger partial charge in [-0.2, -0.15) is 0 Å². The summed E-state index contributed by atoms with van der Waals surface area (Å²) in [6, 6.07) is 15.7. The molecule has 0 aliphatic carbocycles. The van der Waals surface area contributed by atoms with Crippen LogP contribution in [0.1, 0.15) is 30.7 Å². The van der Waals surface area contributed by atoms with Crippen molar-refractivity contribution in [3.63, 3.8) is 0 Å². The number of hydrogen-bond donors (Lipinski definition) is 1. The van der Waals surface area contributed by atoms with Gasteiger partial charge in [-0.05, 0) is 36.1 Å². The summed E-state index contributed by atoms with van der Waals surface area (Å²) < 4.78 is 6.05. The lowest BCUT2D eigenvalue weighted by Gasteiger charge is -2.06. The molecule has 0 unspecified atom stereocenters. The van der Waals surface area contributed by atoms with Gasteiger partial charge in [0.05, 0.1) is 0 Å². The maximum atomic E-state index is 9.75. The molecule has 0 amide bonds. The van der Waals surface area contributed by atoms with Crippen LogP contribution in [0.5, 0.6) is 5.75 Å². The smallest absolute Gasteiger partial charge is 0.134 e. The van der Waals surface area contributed by atoms with Crippen LogP contribution in [0.3, 0.4) is 0 Å². The Kier molecular flexibility index (Phi) is 3.70. The second-order valence-corrected chi connectivity index (χ2v) is 5.94. The quantitative estimate of drug-likeness (QED) is 0.735. The first-order chi connectivity index (χ1) is 10.1. The van der Waals surface area contributed by atoms with Crippen molar-refractivity contribution in [2.75, 3.05) is 0 Å². The zero-order valence-corrected chi connectivity index (χ0v) is 12.5. The summed E-state index contributed by atoms with van der Waals surface area (Å²) in [7, 11) is 0. The predicted molar refractivity (Wildman–Crippen MR) is 85.7 cm³/mol. The van der Waals surface area contributed by atoms with Crippen LogP contribution in [0.4, 0.5) is 0 Å². The van der Waals surface area contributed by atoms with Gasteiger partial charge < -0.3 is 9.52 Å². The molecule has 2 heteroatoms. The van der Waals surface area contributed by atoms with Gasteiger partial charge in [0.2, 0.25) is 0 Å². The highest BCUT2D eigenvalue weighted by Gasteiger charge is 2.16. The average molecular weight is 280 g/mol. The SMILES string of the molecule is CC(C)Cc1c(Cc2ccccc2)oc2ccc(O)cc12. The summed E-state index contributed by atoms with van der Waals surface area (Å²) in [6.45, 7) is 4.40. The first kappa shape index (κ1) is 13.7. The third-order valence-corrected chi connectivity index (χ3v) is 3.68. The molecular formula is C19H20O2. The number of benzene rings is 2. The lowest BCUT2D eigenvalue weighted by molar-refractivity contribution is 0.475. The highest BCUT2D eigenvalue weighted by molar-refractivity contribution is 5.84. The van der Waals surface area contributed by atoms with E-state index >= 15 is 0 Å². The summed E-state index contributed by atoms with van der Waals surface area (Å²) in [5.74, 6) is 1.85. The fourth-order valence-electron chi connectivity index (χ4n) is 2.74. The predicted octanol–water partition coefficient (Wildman–Crippen LogP) is 4.93. The fourth-order valence-corrected chi connectivity index (χ4v) is 2.74. The highest BCUT2D eigenvalue weighted by atomic mass is 16.3. The molecule has 1 N–H and O–H groups in total. The van der Waals surface area contributed by atoms with Gasteiger partial charge in [0.1, 0.15) is 17.1 Å². The van der Waals surface area contributed by atoms with Gasteiger partial charge in [0.25, 0.3) is 0 Å². The Morgan fingerprint density at radius 3 is 2.52 bits per heavy atom. The van der Waals surface area contributed by atoms with E-state index in [-0.39, 0.29) is 0 Å². The van der Waals surface area contributed by atoms with E-state index in [1.54, 1.807) is 6.07 Å². The van der Waals surface area contributed by atoms with Crippen LogP contribution in [-0.2, 0) is 12.8 Å². The monoisotopic (exact) mass is 280 g/mol. The van der Waals surface area contributed by atoms with Gasteiger partial charge in [0.15, 0.2) is 0 Å². The number of aromatic hydroxyl groups is 1. The number of rotatable bonds is 4. The van der Waals surface area contributed by atoms with Crippen molar-refractivity contribution in [1.29, 1.82) is 0 Å². The molecule has 2 nitrogen and oxygen atoms in total. The van der Waals surface area contributed by atoms with E-state index in [0.717, 1.165) is 29.6 Å². The third kappa shape index (κ3) is 2.94. The summed E-state index contributed by atoms with van der Waals surface area (Å²) in [6.07, 6.45) is 1.75. The molecule has 0 fully saturated rings. The minimum Gasteiger partial charge on any atom is -0.508 e. The molecule has 0 atom stereocenters. The van der Waals surface area contributed by atoms with Crippen molar-refractivity contribution < 1.29 is 9.52 Å². The fraction of sp³-hybridized carbons (Fsp3) is 0.263. The third-order valence-electron chi connectivity index (χ3n) is 3.68. The lowest BCUT2D eigenvalue weighted by Crippen LogP contribution is -1.98. The van der Waals surface area contributed by atoms with Gasteiger partial charge in [-0.25, -0.2) is 0 Å². The number of furan rings is 1. The minimum absolute atomic E-state index is 0.291. The van der Waals surface area contributed by atoms with Crippen molar-refractivity contribution in [2.24, 2.45) is 5.92 Å². The van der Waals surface area contributed by atoms with E-state index < -0.39 is 0 Å². The molecular weight excluding hydrogens is 260 g/mol. The van der Waals surface area contributed by atoms with Crippen LogP contribution in [-0.4, -0.2) is 5.11 Å². The van der Waals surface area contributed by atoms with Crippen LogP contribution in [0.25, 0.3) is 11.0 Å². The van der Waals surface area contributed by atoms with Crippen molar-refractivity contribution in [3.05, 3.63) is 65.4 Å². The molecule has 0 bridgehead atoms. The van der Waals surface area contributed by atoms with E-state index in [1.807, 2.05) is 30.3 Å². The molecule has 0 aliphatic heterocycles. The van der Waals surface area contributed by atoms with Crippen LogP contribution in [0.2, 0.25) is 0 Å². The van der Waals surface area contributed by atoms with E-state index in [2.05, 4.69) is 26.0 Å². The van der Waals surface area contributed by atoms with E-state index in [9.17, 15) is 5.11 Å². The van der Waals surface area contributed by atoms with Crippen molar-refractivity contribution in [1.82, 2.24) is 0 Å². The highest BCUT2D eigenvalue weighted by Crippen LogP contribution is 2.32. The van der Waals surface area contributed by atoms with Crippen LogP contribution in [0, 0.1) is 5.92 Å². The zero-order chi connectivity index (χ0) is 14.8. The normalized spacial score (nSPS) is 11.4. The molecule has 108 valence electrons. The number of phenolic OH excluding ortho intramolecular Hbond substituents is 1. The van der Waals surface area contributed by atoms with Gasteiger partial charge in [0, 0.05) is 17.4 Å². The van der Waals surface area contributed by atoms with E-state index in [4.69, 9.17) is 4.42 Å². The molecule has 21 heavy (non-hydrogen) atoms. The van der Waals surface area contributed by atoms with Crippen molar-refractivity contribution in [2.45, 2.75) is 26.7 Å². The average Bonchev–Trinajstić information content (AvgIpc) is 2.77. The van der Waals surface area contributed by atoms with Crippen molar-refractivity contribution in [3.8, 4) is 5.75 Å². The molecule has 0 saturated carbocycles. The van der Waals surface area contributed by atoms with E-state index in [0.29, 0.717) is 11.7 Å².